The zero-order valence-electron chi connectivity index (χ0n) is 20.9. The molecule has 0 aromatic heterocycles. The first kappa shape index (κ1) is 31.3. The van der Waals surface area contributed by atoms with Gasteiger partial charge < -0.3 is 18.9 Å². The summed E-state index contributed by atoms with van der Waals surface area (Å²) in [5.41, 5.74) is 0. The Morgan fingerprint density at radius 1 is 0.531 bits per heavy atom. The highest BCUT2D eigenvalue weighted by atomic mass is 19.1. The number of hydrogen-bond acceptors (Lipinski definition) is 5. The van der Waals surface area contributed by atoms with Crippen LogP contribution in [0.4, 0.5) is 4.39 Å². The van der Waals surface area contributed by atoms with Crippen molar-refractivity contribution < 1.29 is 28.1 Å². The van der Waals surface area contributed by atoms with Gasteiger partial charge in [0, 0.05) is 6.42 Å². The molecule has 0 spiro atoms. The molecular weight excluding hydrogens is 411 g/mol. The van der Waals surface area contributed by atoms with Crippen LogP contribution in [0.2, 0.25) is 0 Å². The molecule has 0 aromatic rings. The van der Waals surface area contributed by atoms with Crippen molar-refractivity contribution in [2.45, 2.75) is 110 Å². The maximum absolute atomic E-state index is 11.8. The summed E-state index contributed by atoms with van der Waals surface area (Å²) in [6.45, 7) is 4.30. The van der Waals surface area contributed by atoms with Gasteiger partial charge in [-0.05, 0) is 6.42 Å². The van der Waals surface area contributed by atoms with Crippen LogP contribution in [0.25, 0.3) is 0 Å². The highest BCUT2D eigenvalue weighted by molar-refractivity contribution is 5.69. The summed E-state index contributed by atoms with van der Waals surface area (Å²) < 4.78 is 32.5. The number of unbranched alkanes of at least 4 members (excludes halogenated alkanes) is 14. The van der Waals surface area contributed by atoms with Crippen LogP contribution in [-0.4, -0.2) is 58.9 Å². The molecule has 32 heavy (non-hydrogen) atoms. The van der Waals surface area contributed by atoms with Gasteiger partial charge in [0.2, 0.25) is 0 Å². The fourth-order valence-electron chi connectivity index (χ4n) is 3.52. The summed E-state index contributed by atoms with van der Waals surface area (Å²) in [5.74, 6) is -0.135. The molecule has 0 atom stereocenters. The minimum atomic E-state index is -0.471. The fraction of sp³-hybridized carbons (Fsp3) is 0.962. The Hall–Kier alpha value is -0.720. The van der Waals surface area contributed by atoms with E-state index in [0.29, 0.717) is 39.5 Å². The molecule has 0 radical (unpaired) electrons. The maximum Gasteiger partial charge on any atom is 0.305 e. The third-order valence-electron chi connectivity index (χ3n) is 5.44. The Morgan fingerprint density at radius 3 is 1.34 bits per heavy atom. The number of hydrogen-bond donors (Lipinski definition) is 0. The Kier molecular flexibility index (Phi) is 27.7. The monoisotopic (exact) mass is 462 g/mol. The number of rotatable bonds is 27. The van der Waals surface area contributed by atoms with Crippen molar-refractivity contribution in [3.63, 3.8) is 0 Å². The molecule has 0 fully saturated rings. The number of carbonyl (C=O) groups excluding carboxylic acids is 1. The molecule has 0 aliphatic carbocycles. The molecule has 0 saturated heterocycles. The molecule has 0 aliphatic heterocycles. The van der Waals surface area contributed by atoms with Crippen molar-refractivity contribution in [2.24, 2.45) is 0 Å². The molecule has 0 N–H and O–H groups in total. The highest BCUT2D eigenvalue weighted by Crippen LogP contribution is 2.13. The van der Waals surface area contributed by atoms with Crippen LogP contribution in [0.1, 0.15) is 110 Å². The number of alkyl halides is 1. The predicted molar refractivity (Wildman–Crippen MR) is 129 cm³/mol. The average Bonchev–Trinajstić information content (AvgIpc) is 2.80. The summed E-state index contributed by atoms with van der Waals surface area (Å²) in [4.78, 5) is 11.7. The predicted octanol–water partition coefficient (Wildman–Crippen LogP) is 6.81. The largest absolute Gasteiger partial charge is 0.463 e. The van der Waals surface area contributed by atoms with E-state index in [4.69, 9.17) is 18.9 Å². The number of halogens is 1. The SMILES string of the molecule is CCCCCCCCCCCCCCCCCC(=O)OCCOCCOCCOCCF. The maximum atomic E-state index is 11.8. The van der Waals surface area contributed by atoms with Gasteiger partial charge in [0.15, 0.2) is 0 Å². The molecule has 0 aliphatic rings. The third-order valence-corrected chi connectivity index (χ3v) is 5.44. The molecule has 0 unspecified atom stereocenters. The van der Waals surface area contributed by atoms with Gasteiger partial charge in [0.1, 0.15) is 13.3 Å². The van der Waals surface area contributed by atoms with E-state index in [9.17, 15) is 9.18 Å². The van der Waals surface area contributed by atoms with Crippen molar-refractivity contribution in [1.29, 1.82) is 0 Å². The van der Waals surface area contributed by atoms with Gasteiger partial charge in [-0.1, -0.05) is 96.8 Å². The number of esters is 1. The Bertz CT molecular complexity index is 368. The topological polar surface area (TPSA) is 54.0 Å². The first-order valence-electron chi connectivity index (χ1n) is 13.3. The second kappa shape index (κ2) is 28.3. The van der Waals surface area contributed by atoms with Crippen LogP contribution in [0.3, 0.4) is 0 Å². The Labute approximate surface area is 197 Å². The molecular formula is C26H51FO5. The summed E-state index contributed by atoms with van der Waals surface area (Å²) in [6.07, 6.45) is 20.3. The van der Waals surface area contributed by atoms with Gasteiger partial charge >= 0.3 is 5.97 Å². The van der Waals surface area contributed by atoms with Crippen LogP contribution in [0, 0.1) is 0 Å². The molecule has 0 amide bonds. The van der Waals surface area contributed by atoms with E-state index in [1.165, 1.54) is 83.5 Å². The van der Waals surface area contributed by atoms with Crippen LogP contribution < -0.4 is 0 Å². The first-order valence-corrected chi connectivity index (χ1v) is 13.3. The minimum absolute atomic E-state index is 0.116. The zero-order valence-corrected chi connectivity index (χ0v) is 20.9. The molecule has 192 valence electrons. The summed E-state index contributed by atoms with van der Waals surface area (Å²) in [6, 6.07) is 0. The van der Waals surface area contributed by atoms with E-state index in [0.717, 1.165) is 12.8 Å². The average molecular weight is 463 g/mol. The lowest BCUT2D eigenvalue weighted by Gasteiger charge is -2.07. The molecule has 6 heteroatoms. The lowest BCUT2D eigenvalue weighted by Crippen LogP contribution is -2.14. The summed E-state index contributed by atoms with van der Waals surface area (Å²) >= 11 is 0. The summed E-state index contributed by atoms with van der Waals surface area (Å²) in [7, 11) is 0. The number of carbonyl (C=O) groups is 1. The minimum Gasteiger partial charge on any atom is -0.463 e. The fourth-order valence-corrected chi connectivity index (χ4v) is 3.52. The van der Waals surface area contributed by atoms with Crippen molar-refractivity contribution in [2.75, 3.05) is 52.9 Å². The van der Waals surface area contributed by atoms with Gasteiger partial charge in [0.05, 0.1) is 39.6 Å². The van der Waals surface area contributed by atoms with Crippen LogP contribution in [0.15, 0.2) is 0 Å². The molecule has 0 saturated carbocycles. The van der Waals surface area contributed by atoms with E-state index in [1.807, 2.05) is 0 Å². The van der Waals surface area contributed by atoms with Gasteiger partial charge in [-0.25, -0.2) is 4.39 Å². The van der Waals surface area contributed by atoms with Crippen molar-refractivity contribution in [3.05, 3.63) is 0 Å². The molecule has 5 nitrogen and oxygen atoms in total. The molecule has 0 rings (SSSR count). The molecule has 0 aromatic carbocycles. The Balaban J connectivity index is 3.13. The third kappa shape index (κ3) is 27.3. The van der Waals surface area contributed by atoms with Crippen LogP contribution in [-0.2, 0) is 23.7 Å². The van der Waals surface area contributed by atoms with Crippen LogP contribution >= 0.6 is 0 Å². The number of ether oxygens (including phenoxy) is 4. The lowest BCUT2D eigenvalue weighted by molar-refractivity contribution is -0.145. The van der Waals surface area contributed by atoms with Crippen molar-refractivity contribution in [3.8, 4) is 0 Å². The highest BCUT2D eigenvalue weighted by Gasteiger charge is 2.02. The summed E-state index contributed by atoms with van der Waals surface area (Å²) in [5, 5.41) is 0. The first-order chi connectivity index (χ1) is 15.8. The van der Waals surface area contributed by atoms with Gasteiger partial charge in [-0.15, -0.1) is 0 Å². The van der Waals surface area contributed by atoms with Gasteiger partial charge in [-0.3, -0.25) is 4.79 Å². The zero-order chi connectivity index (χ0) is 23.4. The van der Waals surface area contributed by atoms with Gasteiger partial charge in [0.25, 0.3) is 0 Å². The van der Waals surface area contributed by atoms with E-state index >= 15 is 0 Å². The second-order valence-corrected chi connectivity index (χ2v) is 8.45. The molecule has 0 heterocycles. The second-order valence-electron chi connectivity index (χ2n) is 8.45. The van der Waals surface area contributed by atoms with Crippen LogP contribution in [0.5, 0.6) is 0 Å². The Morgan fingerprint density at radius 2 is 0.906 bits per heavy atom. The van der Waals surface area contributed by atoms with E-state index in [2.05, 4.69) is 6.92 Å². The molecule has 0 bridgehead atoms. The van der Waals surface area contributed by atoms with Crippen molar-refractivity contribution >= 4 is 5.97 Å². The lowest BCUT2D eigenvalue weighted by atomic mass is 10.0. The van der Waals surface area contributed by atoms with Crippen molar-refractivity contribution in [1.82, 2.24) is 0 Å². The normalized spacial score (nSPS) is 11.2. The smallest absolute Gasteiger partial charge is 0.305 e. The van der Waals surface area contributed by atoms with Gasteiger partial charge in [-0.2, -0.15) is 0 Å². The van der Waals surface area contributed by atoms with E-state index in [-0.39, 0.29) is 19.2 Å². The van der Waals surface area contributed by atoms with E-state index < -0.39 is 6.67 Å². The van der Waals surface area contributed by atoms with E-state index in [1.54, 1.807) is 0 Å². The standard InChI is InChI=1S/C26H51FO5/c1-2-3-4-5-6-7-8-9-10-11-12-13-14-15-16-17-26(28)32-25-24-31-23-22-30-21-20-29-19-18-27/h2-25H2,1H3. The quantitative estimate of drug-likeness (QED) is 0.0991.